The van der Waals surface area contributed by atoms with Crippen molar-refractivity contribution in [2.75, 3.05) is 13.1 Å². The lowest BCUT2D eigenvalue weighted by molar-refractivity contribution is -0.132. The summed E-state index contributed by atoms with van der Waals surface area (Å²) >= 11 is 0. The molecule has 124 valence electrons. The van der Waals surface area contributed by atoms with Gasteiger partial charge >= 0.3 is 0 Å². The monoisotopic (exact) mass is 323 g/mol. The zero-order valence-electron chi connectivity index (χ0n) is 13.6. The fraction of sp³-hybridized carbons (Fsp3) is 0.368. The molecule has 0 radical (unpaired) electrons. The van der Waals surface area contributed by atoms with Gasteiger partial charge in [0.25, 0.3) is 0 Å². The number of hydrogen-bond donors (Lipinski definition) is 0. The van der Waals surface area contributed by atoms with Gasteiger partial charge in [-0.2, -0.15) is 0 Å². The van der Waals surface area contributed by atoms with Crippen LogP contribution in [0.5, 0.6) is 0 Å². The number of carbonyl (C=O) groups is 2. The van der Waals surface area contributed by atoms with E-state index in [1.807, 2.05) is 23.1 Å². The molecule has 0 aliphatic carbocycles. The normalized spacial score (nSPS) is 17.5. The van der Waals surface area contributed by atoms with Crippen molar-refractivity contribution >= 4 is 11.7 Å². The average Bonchev–Trinajstić information content (AvgIpc) is 2.67. The van der Waals surface area contributed by atoms with E-state index < -0.39 is 0 Å². The van der Waals surface area contributed by atoms with Gasteiger partial charge in [0, 0.05) is 44.0 Å². The number of likely N-dealkylation sites (tertiary alicyclic amines) is 1. The van der Waals surface area contributed by atoms with Gasteiger partial charge < -0.3 is 4.90 Å². The Hall–Kier alpha value is -2.56. The van der Waals surface area contributed by atoms with Crippen LogP contribution in [0.4, 0.5) is 0 Å². The van der Waals surface area contributed by atoms with Crippen molar-refractivity contribution < 1.29 is 9.59 Å². The second-order valence-corrected chi connectivity index (χ2v) is 6.12. The highest BCUT2D eigenvalue weighted by Crippen LogP contribution is 2.21. The molecule has 1 atom stereocenters. The van der Waals surface area contributed by atoms with Gasteiger partial charge in [-0.15, -0.1) is 0 Å². The third kappa shape index (κ3) is 4.04. The Morgan fingerprint density at radius 1 is 1.17 bits per heavy atom. The fourth-order valence-electron chi connectivity index (χ4n) is 3.09. The third-order valence-electron chi connectivity index (χ3n) is 4.41. The van der Waals surface area contributed by atoms with E-state index in [4.69, 9.17) is 0 Å². The molecule has 5 nitrogen and oxygen atoms in total. The standard InChI is InChI=1S/C19H21N3O2/c23-18(9-8-15-5-3-10-20-13-15)22-12-4-6-16(14-22)19(24)17-7-1-2-11-21-17/h1-3,5,7,10-11,13,16H,4,6,8-9,12,14H2/t16-/m0/s1. The summed E-state index contributed by atoms with van der Waals surface area (Å²) in [5.74, 6) is 0.00808. The van der Waals surface area contributed by atoms with E-state index in [1.165, 1.54) is 0 Å². The Morgan fingerprint density at radius 2 is 2.08 bits per heavy atom. The first-order valence-electron chi connectivity index (χ1n) is 8.36. The highest BCUT2D eigenvalue weighted by molar-refractivity contribution is 5.96. The quantitative estimate of drug-likeness (QED) is 0.793. The fourth-order valence-corrected chi connectivity index (χ4v) is 3.09. The molecule has 24 heavy (non-hydrogen) atoms. The minimum atomic E-state index is -0.143. The summed E-state index contributed by atoms with van der Waals surface area (Å²) in [6, 6.07) is 9.21. The van der Waals surface area contributed by atoms with Crippen LogP contribution in [0.3, 0.4) is 0 Å². The Labute approximate surface area is 141 Å². The first kappa shape index (κ1) is 16.3. The zero-order valence-corrected chi connectivity index (χ0v) is 13.6. The second-order valence-electron chi connectivity index (χ2n) is 6.12. The van der Waals surface area contributed by atoms with E-state index in [-0.39, 0.29) is 17.6 Å². The number of Topliss-reactive ketones (excluding diaryl/α,β-unsaturated/α-hetero) is 1. The maximum Gasteiger partial charge on any atom is 0.222 e. The average molecular weight is 323 g/mol. The smallest absolute Gasteiger partial charge is 0.222 e. The van der Waals surface area contributed by atoms with E-state index in [2.05, 4.69) is 9.97 Å². The van der Waals surface area contributed by atoms with Crippen molar-refractivity contribution in [1.29, 1.82) is 0 Å². The topological polar surface area (TPSA) is 63.2 Å². The largest absolute Gasteiger partial charge is 0.342 e. The molecule has 1 aliphatic rings. The van der Waals surface area contributed by atoms with E-state index >= 15 is 0 Å². The summed E-state index contributed by atoms with van der Waals surface area (Å²) in [7, 11) is 0. The van der Waals surface area contributed by atoms with Crippen LogP contribution in [0, 0.1) is 5.92 Å². The van der Waals surface area contributed by atoms with Gasteiger partial charge in [-0.05, 0) is 43.0 Å². The number of rotatable bonds is 5. The summed E-state index contributed by atoms with van der Waals surface area (Å²) in [5.41, 5.74) is 1.55. The maximum atomic E-state index is 12.5. The molecule has 1 amide bonds. The van der Waals surface area contributed by atoms with Crippen molar-refractivity contribution in [3.05, 3.63) is 60.2 Å². The maximum absolute atomic E-state index is 12.5. The van der Waals surface area contributed by atoms with E-state index in [1.54, 1.807) is 30.7 Å². The van der Waals surface area contributed by atoms with E-state index in [9.17, 15) is 9.59 Å². The van der Waals surface area contributed by atoms with Gasteiger partial charge in [0.05, 0.1) is 0 Å². The molecular weight excluding hydrogens is 302 g/mol. The zero-order chi connectivity index (χ0) is 16.8. The predicted octanol–water partition coefficient (Wildman–Crippen LogP) is 2.53. The number of hydrogen-bond acceptors (Lipinski definition) is 4. The molecule has 1 fully saturated rings. The Morgan fingerprint density at radius 3 is 2.83 bits per heavy atom. The van der Waals surface area contributed by atoms with Gasteiger partial charge in [-0.25, -0.2) is 0 Å². The van der Waals surface area contributed by atoms with Gasteiger partial charge in [0.1, 0.15) is 5.69 Å². The van der Waals surface area contributed by atoms with Crippen LogP contribution in [-0.4, -0.2) is 39.6 Å². The molecule has 0 saturated carbocycles. The van der Waals surface area contributed by atoms with Gasteiger partial charge in [-0.3, -0.25) is 19.6 Å². The minimum absolute atomic E-state index is 0.0420. The molecule has 3 rings (SSSR count). The number of pyridine rings is 2. The van der Waals surface area contributed by atoms with E-state index in [0.29, 0.717) is 25.1 Å². The molecule has 1 aliphatic heterocycles. The van der Waals surface area contributed by atoms with E-state index in [0.717, 1.165) is 24.9 Å². The number of ketones is 1. The number of piperidine rings is 1. The number of carbonyl (C=O) groups excluding carboxylic acids is 2. The first-order chi connectivity index (χ1) is 11.7. The number of nitrogens with zero attached hydrogens (tertiary/aromatic N) is 3. The lowest BCUT2D eigenvalue weighted by Gasteiger charge is -2.32. The highest BCUT2D eigenvalue weighted by atomic mass is 16.2. The van der Waals surface area contributed by atoms with Crippen molar-refractivity contribution in [1.82, 2.24) is 14.9 Å². The summed E-state index contributed by atoms with van der Waals surface area (Å²) in [4.78, 5) is 35.0. The number of aryl methyl sites for hydroxylation is 1. The summed E-state index contributed by atoms with van der Waals surface area (Å²) in [6.07, 6.45) is 7.97. The molecule has 0 spiro atoms. The highest BCUT2D eigenvalue weighted by Gasteiger charge is 2.29. The third-order valence-corrected chi connectivity index (χ3v) is 4.41. The first-order valence-corrected chi connectivity index (χ1v) is 8.36. The van der Waals surface area contributed by atoms with Crippen LogP contribution in [0.25, 0.3) is 0 Å². The van der Waals surface area contributed by atoms with Crippen molar-refractivity contribution in [3.8, 4) is 0 Å². The molecular formula is C19H21N3O2. The molecule has 5 heteroatoms. The molecule has 2 aromatic heterocycles. The summed E-state index contributed by atoms with van der Waals surface area (Å²) in [6.45, 7) is 1.24. The molecule has 2 aromatic rings. The summed E-state index contributed by atoms with van der Waals surface area (Å²) < 4.78 is 0. The van der Waals surface area contributed by atoms with Crippen LogP contribution < -0.4 is 0 Å². The van der Waals surface area contributed by atoms with Gasteiger partial charge in [-0.1, -0.05) is 12.1 Å². The lowest BCUT2D eigenvalue weighted by atomic mass is 9.91. The Bertz CT molecular complexity index is 688. The van der Waals surface area contributed by atoms with Crippen LogP contribution in [0.15, 0.2) is 48.9 Å². The molecule has 0 unspecified atom stereocenters. The lowest BCUT2D eigenvalue weighted by Crippen LogP contribution is -2.42. The van der Waals surface area contributed by atoms with Crippen LogP contribution in [-0.2, 0) is 11.2 Å². The molecule has 3 heterocycles. The minimum Gasteiger partial charge on any atom is -0.342 e. The van der Waals surface area contributed by atoms with Crippen LogP contribution in [0.2, 0.25) is 0 Å². The summed E-state index contributed by atoms with van der Waals surface area (Å²) in [5, 5.41) is 0. The Kier molecular flexibility index (Phi) is 5.31. The second kappa shape index (κ2) is 7.81. The number of amides is 1. The number of aromatic nitrogens is 2. The van der Waals surface area contributed by atoms with Crippen molar-refractivity contribution in [3.63, 3.8) is 0 Å². The molecule has 1 saturated heterocycles. The van der Waals surface area contributed by atoms with Crippen molar-refractivity contribution in [2.45, 2.75) is 25.7 Å². The van der Waals surface area contributed by atoms with Crippen LogP contribution >= 0.6 is 0 Å². The van der Waals surface area contributed by atoms with Crippen LogP contribution in [0.1, 0.15) is 35.3 Å². The predicted molar refractivity (Wildman–Crippen MR) is 90.4 cm³/mol. The van der Waals surface area contributed by atoms with Gasteiger partial charge in [0.15, 0.2) is 5.78 Å². The molecule has 0 aromatic carbocycles. The molecule has 0 bridgehead atoms. The van der Waals surface area contributed by atoms with Crippen molar-refractivity contribution in [2.24, 2.45) is 5.92 Å². The SMILES string of the molecule is O=C(c1ccccn1)[C@H]1CCCN(C(=O)CCc2cccnc2)C1. The van der Waals surface area contributed by atoms with Gasteiger partial charge in [0.2, 0.25) is 5.91 Å². The molecule has 0 N–H and O–H groups in total. The Balaban J connectivity index is 1.57.